The molecule has 0 unspecified atom stereocenters. The molecule has 0 aliphatic carbocycles. The summed E-state index contributed by atoms with van der Waals surface area (Å²) < 4.78 is 4.99. The van der Waals surface area contributed by atoms with Crippen LogP contribution in [0, 0.1) is 0 Å². The number of primary amides is 1. The number of pyridine rings is 1. The summed E-state index contributed by atoms with van der Waals surface area (Å²) in [5, 5.41) is 3.26. The van der Waals surface area contributed by atoms with Crippen LogP contribution in [-0.4, -0.2) is 53.1 Å². The van der Waals surface area contributed by atoms with E-state index in [-0.39, 0.29) is 0 Å². The lowest BCUT2D eigenvalue weighted by Gasteiger charge is -2.10. The van der Waals surface area contributed by atoms with Crippen LogP contribution < -0.4 is 15.8 Å². The molecule has 0 saturated carbocycles. The third-order valence-electron chi connectivity index (χ3n) is 3.59. The van der Waals surface area contributed by atoms with Crippen LogP contribution in [0.2, 0.25) is 0 Å². The van der Waals surface area contributed by atoms with Crippen molar-refractivity contribution >= 4 is 22.9 Å². The Morgan fingerprint density at radius 1 is 1.32 bits per heavy atom. The molecule has 130 valence electrons. The number of anilines is 1. The number of fused-ring (bicyclic) bond motifs is 1. The number of aromatic amines is 1. The zero-order valence-corrected chi connectivity index (χ0v) is 14.1. The summed E-state index contributed by atoms with van der Waals surface area (Å²) in [6, 6.07) is 9.09. The lowest BCUT2D eigenvalue weighted by Crippen LogP contribution is -2.21. The molecule has 8 nitrogen and oxygen atoms in total. The van der Waals surface area contributed by atoms with Crippen LogP contribution in [-0.2, 0) is 0 Å². The predicted molar refractivity (Wildman–Crippen MR) is 96.6 cm³/mol. The smallest absolute Gasteiger partial charge is 0.408 e. The van der Waals surface area contributed by atoms with E-state index < -0.39 is 6.09 Å². The summed E-state index contributed by atoms with van der Waals surface area (Å²) in [4.78, 5) is 25.2. The number of hydrogen-bond acceptors (Lipinski definition) is 6. The van der Waals surface area contributed by atoms with E-state index in [1.54, 1.807) is 18.3 Å². The summed E-state index contributed by atoms with van der Waals surface area (Å²) in [6.07, 6.45) is 0.872. The van der Waals surface area contributed by atoms with Gasteiger partial charge in [-0.15, -0.1) is 0 Å². The number of hydrogen-bond donors (Lipinski definition) is 3. The SMILES string of the molecule is CN(C)CCNc1ccc(-c2nc3c(OC(N)=O)cccc3[nH]2)cn1. The molecule has 0 spiro atoms. The highest BCUT2D eigenvalue weighted by Gasteiger charge is 2.11. The van der Waals surface area contributed by atoms with Crippen molar-refractivity contribution in [1.82, 2.24) is 19.9 Å². The maximum atomic E-state index is 11.0. The number of rotatable bonds is 6. The Bertz CT molecular complexity index is 872. The number of H-pyrrole nitrogens is 1. The molecule has 3 rings (SSSR count). The molecule has 0 radical (unpaired) electrons. The Labute approximate surface area is 145 Å². The number of nitrogens with zero attached hydrogens (tertiary/aromatic N) is 3. The highest BCUT2D eigenvalue weighted by atomic mass is 16.5. The Morgan fingerprint density at radius 2 is 2.16 bits per heavy atom. The molecule has 0 atom stereocenters. The first-order chi connectivity index (χ1) is 12.0. The Hall–Kier alpha value is -3.13. The molecule has 1 amide bonds. The first kappa shape index (κ1) is 16.7. The monoisotopic (exact) mass is 340 g/mol. The number of carbonyl (C=O) groups is 1. The fourth-order valence-corrected chi connectivity index (χ4v) is 2.38. The number of nitrogens with two attached hydrogens (primary N) is 1. The van der Waals surface area contributed by atoms with Crippen molar-refractivity contribution in [2.45, 2.75) is 0 Å². The fraction of sp³-hybridized carbons (Fsp3) is 0.235. The molecule has 0 saturated heterocycles. The summed E-state index contributed by atoms with van der Waals surface area (Å²) in [6.45, 7) is 1.74. The average molecular weight is 340 g/mol. The van der Waals surface area contributed by atoms with Gasteiger partial charge in [0.15, 0.2) is 5.75 Å². The maximum absolute atomic E-state index is 11.0. The van der Waals surface area contributed by atoms with Gasteiger partial charge >= 0.3 is 6.09 Å². The lowest BCUT2D eigenvalue weighted by atomic mass is 10.2. The van der Waals surface area contributed by atoms with Crippen molar-refractivity contribution in [3.8, 4) is 17.1 Å². The van der Waals surface area contributed by atoms with E-state index in [1.165, 1.54) is 0 Å². The van der Waals surface area contributed by atoms with Crippen LogP contribution in [0.15, 0.2) is 36.5 Å². The topological polar surface area (TPSA) is 109 Å². The quantitative estimate of drug-likeness (QED) is 0.634. The maximum Gasteiger partial charge on any atom is 0.410 e. The van der Waals surface area contributed by atoms with Gasteiger partial charge in [-0.2, -0.15) is 0 Å². The number of benzene rings is 1. The first-order valence-corrected chi connectivity index (χ1v) is 7.84. The van der Waals surface area contributed by atoms with Gasteiger partial charge < -0.3 is 25.7 Å². The van der Waals surface area contributed by atoms with Crippen molar-refractivity contribution in [2.75, 3.05) is 32.5 Å². The lowest BCUT2D eigenvalue weighted by molar-refractivity contribution is 0.211. The molecule has 0 aliphatic rings. The molecule has 0 bridgehead atoms. The van der Waals surface area contributed by atoms with Gasteiger partial charge in [-0.3, -0.25) is 0 Å². The minimum Gasteiger partial charge on any atom is -0.408 e. The average Bonchev–Trinajstić information content (AvgIpc) is 3.00. The molecule has 8 heteroatoms. The van der Waals surface area contributed by atoms with Gasteiger partial charge in [-0.05, 0) is 38.4 Å². The Morgan fingerprint density at radius 3 is 2.84 bits per heavy atom. The molecular weight excluding hydrogens is 320 g/mol. The largest absolute Gasteiger partial charge is 0.410 e. The number of amides is 1. The van der Waals surface area contributed by atoms with E-state index in [4.69, 9.17) is 10.5 Å². The Kier molecular flexibility index (Phi) is 4.80. The molecule has 4 N–H and O–H groups in total. The number of likely N-dealkylation sites (N-methyl/N-ethyl adjacent to an activating group) is 1. The predicted octanol–water partition coefficient (Wildman–Crippen LogP) is 2.06. The molecular formula is C17H20N6O2. The van der Waals surface area contributed by atoms with Gasteiger partial charge in [0.05, 0.1) is 5.52 Å². The number of ether oxygens (including phenoxy) is 1. The van der Waals surface area contributed by atoms with Gasteiger partial charge in [0.25, 0.3) is 0 Å². The van der Waals surface area contributed by atoms with E-state index >= 15 is 0 Å². The van der Waals surface area contributed by atoms with E-state index in [1.807, 2.05) is 32.3 Å². The second-order valence-electron chi connectivity index (χ2n) is 5.82. The van der Waals surface area contributed by atoms with Crippen molar-refractivity contribution in [1.29, 1.82) is 0 Å². The number of aromatic nitrogens is 3. The molecule has 25 heavy (non-hydrogen) atoms. The fourth-order valence-electron chi connectivity index (χ4n) is 2.38. The summed E-state index contributed by atoms with van der Waals surface area (Å²) >= 11 is 0. The number of nitrogens with one attached hydrogen (secondary N) is 2. The molecule has 3 aromatic rings. The minimum atomic E-state index is -0.869. The molecule has 0 fully saturated rings. The first-order valence-electron chi connectivity index (χ1n) is 7.84. The van der Waals surface area contributed by atoms with Crippen LogP contribution in [0.4, 0.5) is 10.6 Å². The summed E-state index contributed by atoms with van der Waals surface area (Å²) in [7, 11) is 4.05. The summed E-state index contributed by atoms with van der Waals surface area (Å²) in [5.41, 5.74) is 7.22. The van der Waals surface area contributed by atoms with Gasteiger partial charge in [0, 0.05) is 24.8 Å². The van der Waals surface area contributed by atoms with Gasteiger partial charge in [0.2, 0.25) is 0 Å². The van der Waals surface area contributed by atoms with Crippen molar-refractivity contribution < 1.29 is 9.53 Å². The van der Waals surface area contributed by atoms with Gasteiger partial charge in [0.1, 0.15) is 17.2 Å². The third kappa shape index (κ3) is 4.04. The van der Waals surface area contributed by atoms with Crippen LogP contribution in [0.3, 0.4) is 0 Å². The van der Waals surface area contributed by atoms with Crippen molar-refractivity contribution in [3.63, 3.8) is 0 Å². The molecule has 2 heterocycles. The second-order valence-corrected chi connectivity index (χ2v) is 5.82. The van der Waals surface area contributed by atoms with Crippen molar-refractivity contribution in [2.24, 2.45) is 5.73 Å². The van der Waals surface area contributed by atoms with Crippen LogP contribution in [0.1, 0.15) is 0 Å². The zero-order chi connectivity index (χ0) is 17.8. The molecule has 2 aromatic heterocycles. The van der Waals surface area contributed by atoms with Gasteiger partial charge in [-0.1, -0.05) is 6.07 Å². The van der Waals surface area contributed by atoms with Crippen LogP contribution in [0.5, 0.6) is 5.75 Å². The number of para-hydroxylation sites is 1. The van der Waals surface area contributed by atoms with Crippen LogP contribution in [0.25, 0.3) is 22.4 Å². The Balaban J connectivity index is 1.80. The standard InChI is InChI=1S/C17H20N6O2/c1-23(2)9-8-19-14-7-6-11(10-20-14)16-21-12-4-3-5-13(15(12)22-16)25-17(18)24/h3-7,10H,8-9H2,1-2H3,(H2,18,24)(H,19,20)(H,21,22). The van der Waals surface area contributed by atoms with E-state index in [0.29, 0.717) is 17.1 Å². The highest BCUT2D eigenvalue weighted by Crippen LogP contribution is 2.27. The van der Waals surface area contributed by atoms with Crippen molar-refractivity contribution in [3.05, 3.63) is 36.5 Å². The van der Waals surface area contributed by atoms with Crippen LogP contribution >= 0.6 is 0 Å². The zero-order valence-electron chi connectivity index (χ0n) is 14.1. The summed E-state index contributed by atoms with van der Waals surface area (Å²) in [5.74, 6) is 1.77. The number of carbonyl (C=O) groups excluding carboxylic acids is 1. The van der Waals surface area contributed by atoms with E-state index in [2.05, 4.69) is 25.2 Å². The highest BCUT2D eigenvalue weighted by molar-refractivity contribution is 5.87. The van der Waals surface area contributed by atoms with E-state index in [9.17, 15) is 4.79 Å². The number of imidazole rings is 1. The second kappa shape index (κ2) is 7.18. The molecule has 0 aliphatic heterocycles. The molecule has 1 aromatic carbocycles. The van der Waals surface area contributed by atoms with Gasteiger partial charge in [-0.25, -0.2) is 14.8 Å². The normalized spacial score (nSPS) is 11.0. The third-order valence-corrected chi connectivity index (χ3v) is 3.59. The minimum absolute atomic E-state index is 0.322. The van der Waals surface area contributed by atoms with E-state index in [0.717, 1.165) is 30.0 Å².